The van der Waals surface area contributed by atoms with Crippen LogP contribution in [0.4, 0.5) is 11.8 Å². The van der Waals surface area contributed by atoms with E-state index in [9.17, 15) is 5.26 Å². The summed E-state index contributed by atoms with van der Waals surface area (Å²) in [5.74, 6) is 3.84. The molecule has 0 saturated carbocycles. The van der Waals surface area contributed by atoms with Gasteiger partial charge in [0.25, 0.3) is 14.5 Å². The van der Waals surface area contributed by atoms with Gasteiger partial charge in [-0.1, -0.05) is 110 Å². The summed E-state index contributed by atoms with van der Waals surface area (Å²) in [5, 5.41) is 9.61. The van der Waals surface area contributed by atoms with Crippen LogP contribution in [0.15, 0.2) is 95.2 Å². The van der Waals surface area contributed by atoms with Crippen molar-refractivity contribution in [1.29, 1.82) is 5.26 Å². The van der Waals surface area contributed by atoms with Crippen molar-refractivity contribution in [3.63, 3.8) is 0 Å². The molecule has 1 saturated heterocycles. The molecule has 75 heavy (non-hydrogen) atoms. The van der Waals surface area contributed by atoms with Crippen molar-refractivity contribution in [2.45, 2.75) is 132 Å². The van der Waals surface area contributed by atoms with E-state index in [1.807, 2.05) is 84.0 Å². The summed E-state index contributed by atoms with van der Waals surface area (Å²) >= 11 is 0. The molecule has 6 rings (SSSR count). The number of ether oxygens (including phenoxy) is 4. The Hall–Kier alpha value is -5.53. The van der Waals surface area contributed by atoms with Crippen LogP contribution in [0.25, 0.3) is 11.2 Å². The number of nitriles is 1. The Bertz CT molecular complexity index is 2530. The fraction of sp³-hybridized carbons (Fsp3) is 0.552. The van der Waals surface area contributed by atoms with Gasteiger partial charge in [0.05, 0.1) is 65.0 Å². The maximum absolute atomic E-state index is 9.61. The molecule has 1 aliphatic rings. The Morgan fingerprint density at radius 1 is 0.733 bits per heavy atom. The highest BCUT2D eigenvalue weighted by atomic mass is 31.2. The second-order valence-corrected chi connectivity index (χ2v) is 22.9. The summed E-state index contributed by atoms with van der Waals surface area (Å²) in [6.07, 6.45) is 4.29. The number of aromatic nitrogens is 4. The maximum atomic E-state index is 9.61. The molecule has 16 nitrogen and oxygen atoms in total. The summed E-state index contributed by atoms with van der Waals surface area (Å²) in [4.78, 5) is 29.4. The van der Waals surface area contributed by atoms with Crippen molar-refractivity contribution in [3.8, 4) is 17.6 Å². The molecule has 3 heterocycles. The molecule has 3 aromatic carbocycles. The van der Waals surface area contributed by atoms with Crippen LogP contribution in [0.5, 0.6) is 11.5 Å². The van der Waals surface area contributed by atoms with Crippen molar-refractivity contribution in [3.05, 3.63) is 102 Å². The molecule has 0 bridgehead atoms. The highest BCUT2D eigenvalue weighted by molar-refractivity contribution is 7.44. The molecule has 0 N–H and O–H groups in total. The number of fused-ring (bicyclic) bond motifs is 1. The smallest absolute Gasteiger partial charge is 0.259 e. The van der Waals surface area contributed by atoms with Crippen LogP contribution >= 0.6 is 8.53 Å². The Morgan fingerprint density at radius 3 is 1.75 bits per heavy atom. The molecule has 2 aromatic heterocycles. The van der Waals surface area contributed by atoms with Crippen LogP contribution in [0.2, 0.25) is 0 Å². The van der Waals surface area contributed by atoms with Gasteiger partial charge in [-0.15, -0.1) is 0 Å². The van der Waals surface area contributed by atoms with Crippen molar-refractivity contribution in [1.82, 2.24) is 34.0 Å². The van der Waals surface area contributed by atoms with Crippen LogP contribution < -0.4 is 9.47 Å². The lowest BCUT2D eigenvalue weighted by Crippen LogP contribution is -2.39. The molecule has 0 aliphatic carbocycles. The van der Waals surface area contributed by atoms with E-state index in [0.717, 1.165) is 54.4 Å². The molecule has 0 amide bonds. The lowest BCUT2D eigenvalue weighted by Gasteiger charge is -2.39. The summed E-state index contributed by atoms with van der Waals surface area (Å²) < 4.78 is 44.0. The summed E-state index contributed by atoms with van der Waals surface area (Å²) in [6, 6.07) is 28.6. The van der Waals surface area contributed by atoms with E-state index in [1.54, 1.807) is 20.5 Å². The van der Waals surface area contributed by atoms with Gasteiger partial charge >= 0.3 is 0 Å². The second-order valence-electron chi connectivity index (χ2n) is 21.5. The summed E-state index contributed by atoms with van der Waals surface area (Å²) in [6.45, 7) is 29.8. The number of hydrogen-bond acceptors (Lipinski definition) is 13. The van der Waals surface area contributed by atoms with Gasteiger partial charge in [-0.2, -0.15) is 15.2 Å². The third-order valence-corrected chi connectivity index (χ3v) is 14.6. The molecular formula is C58H83N10O6P. The normalized spacial score (nSPS) is 16.8. The van der Waals surface area contributed by atoms with E-state index in [-0.39, 0.29) is 37.7 Å². The number of nitrogens with zero attached hydrogens (tertiary/aromatic N) is 10. The van der Waals surface area contributed by atoms with E-state index in [4.69, 9.17) is 52.9 Å². The third-order valence-electron chi connectivity index (χ3n) is 12.5. The maximum Gasteiger partial charge on any atom is 0.259 e. The molecular weight excluding hydrogens is 964 g/mol. The lowest BCUT2D eigenvalue weighted by atomic mass is 9.80. The quantitative estimate of drug-likeness (QED) is 0.0147. The summed E-state index contributed by atoms with van der Waals surface area (Å²) in [5.41, 5.74) is 2.61. The van der Waals surface area contributed by atoms with E-state index in [1.165, 1.54) is 0 Å². The van der Waals surface area contributed by atoms with E-state index in [2.05, 4.69) is 116 Å². The molecule has 0 spiro atoms. The van der Waals surface area contributed by atoms with E-state index in [0.29, 0.717) is 47.1 Å². The zero-order valence-corrected chi connectivity index (χ0v) is 47.9. The number of imidazole rings is 1. The van der Waals surface area contributed by atoms with Crippen molar-refractivity contribution < 1.29 is 28.0 Å². The van der Waals surface area contributed by atoms with Crippen LogP contribution in [-0.2, 0) is 24.1 Å². The standard InChI is InChI=1S/C58H83N10O6P/c1-40(2)32-65(33-41(3)4)37-61-55-54-56(64-57(63-55)62-38-66(34-42(5)6)35-43(7)8)67(39-60-54)53-31-51(74-75(72-30-18-29-59)68(44(9)10)45(11)12)52(73-53)36-71-58(46-19-16-15-17-20-46,47-21-25-49(69-13)26-22-47)48-23-27-50(70-14)28-24-48/h15-17,19-28,37-45,51-53H,18,30-36H2,1-14H3/t51-,52+,53+,75?/m0/s1. The average Bonchev–Trinajstić information content (AvgIpc) is 3.98. The minimum absolute atomic E-state index is 0.0723. The van der Waals surface area contributed by atoms with Gasteiger partial charge in [0.1, 0.15) is 29.4 Å². The van der Waals surface area contributed by atoms with Crippen LogP contribution in [0, 0.1) is 35.0 Å². The fourth-order valence-corrected chi connectivity index (χ4v) is 11.3. The lowest BCUT2D eigenvalue weighted by molar-refractivity contribution is -0.0912. The SMILES string of the molecule is COc1ccc(C(OC[C@H]2O[C@@H](n3cnc4c(N=CN(CC(C)C)CC(C)C)nc(N=CN(CC(C)C)CC(C)C)nc43)C[C@@H]2OP(OCCC#N)N(C(C)C)C(C)C)(c2ccccc2)c2ccc(OC)cc2)cc1. The first-order valence-corrected chi connectivity index (χ1v) is 27.8. The largest absolute Gasteiger partial charge is 0.497 e. The topological polar surface area (TPSA) is 157 Å². The Kier molecular flexibility index (Phi) is 21.9. The monoisotopic (exact) mass is 1050 g/mol. The van der Waals surface area contributed by atoms with Gasteiger partial charge < -0.3 is 37.8 Å². The molecule has 1 fully saturated rings. The molecule has 0 radical (unpaired) electrons. The van der Waals surface area contributed by atoms with E-state index >= 15 is 0 Å². The molecule has 5 aromatic rings. The van der Waals surface area contributed by atoms with Crippen molar-refractivity contribution in [2.75, 3.05) is 53.6 Å². The zero-order valence-electron chi connectivity index (χ0n) is 47.0. The molecule has 17 heteroatoms. The second kappa shape index (κ2) is 28.0. The molecule has 406 valence electrons. The van der Waals surface area contributed by atoms with Gasteiger partial charge in [-0.05, 0) is 92.3 Å². The highest BCUT2D eigenvalue weighted by Gasteiger charge is 2.45. The Morgan fingerprint density at radius 2 is 1.25 bits per heavy atom. The van der Waals surface area contributed by atoms with Gasteiger partial charge in [0.2, 0.25) is 0 Å². The Labute approximate surface area is 448 Å². The molecule has 1 aliphatic heterocycles. The van der Waals surface area contributed by atoms with Gasteiger partial charge in [-0.3, -0.25) is 4.57 Å². The van der Waals surface area contributed by atoms with Gasteiger partial charge in [0, 0.05) is 44.7 Å². The minimum atomic E-state index is -1.68. The first-order valence-electron chi connectivity index (χ1n) is 26.7. The highest BCUT2D eigenvalue weighted by Crippen LogP contribution is 2.51. The van der Waals surface area contributed by atoms with Crippen molar-refractivity contribution >= 4 is 44.1 Å². The van der Waals surface area contributed by atoms with Crippen LogP contribution in [-0.4, -0.2) is 125 Å². The fourth-order valence-electron chi connectivity index (χ4n) is 9.56. The third kappa shape index (κ3) is 15.8. The predicted octanol–water partition coefficient (Wildman–Crippen LogP) is 12.3. The zero-order chi connectivity index (χ0) is 54.2. The number of benzene rings is 3. The number of methoxy groups -OCH3 is 2. The molecule has 4 atom stereocenters. The van der Waals surface area contributed by atoms with Gasteiger partial charge in [0.15, 0.2) is 17.0 Å². The van der Waals surface area contributed by atoms with E-state index < -0.39 is 32.6 Å². The van der Waals surface area contributed by atoms with Crippen molar-refractivity contribution in [2.24, 2.45) is 33.7 Å². The first kappa shape index (κ1) is 58.7. The number of rotatable bonds is 29. The Balaban J connectivity index is 1.50. The van der Waals surface area contributed by atoms with Crippen LogP contribution in [0.3, 0.4) is 0 Å². The number of aliphatic imine (C=N–C) groups is 2. The minimum Gasteiger partial charge on any atom is -0.497 e. The summed E-state index contributed by atoms with van der Waals surface area (Å²) in [7, 11) is 1.64. The predicted molar refractivity (Wildman–Crippen MR) is 301 cm³/mol. The molecule has 1 unspecified atom stereocenters. The first-order chi connectivity index (χ1) is 35.9. The number of hydrogen-bond donors (Lipinski definition) is 0. The van der Waals surface area contributed by atoms with Gasteiger partial charge in [-0.25, -0.2) is 19.6 Å². The van der Waals surface area contributed by atoms with Crippen LogP contribution in [0.1, 0.15) is 119 Å². The average molecular weight is 1050 g/mol.